The highest BCUT2D eigenvalue weighted by molar-refractivity contribution is 6.11. The molecule has 0 aromatic heterocycles. The molecule has 1 unspecified atom stereocenters. The van der Waals surface area contributed by atoms with Crippen LogP contribution in [0.3, 0.4) is 0 Å². The molecule has 5 N–H and O–H groups in total. The van der Waals surface area contributed by atoms with E-state index in [0.29, 0.717) is 28.3 Å². The molecule has 0 aliphatic carbocycles. The Balaban J connectivity index is 1.71. The van der Waals surface area contributed by atoms with E-state index < -0.39 is 23.8 Å². The molecule has 0 aliphatic heterocycles. The molecule has 1 atom stereocenters. The number of amides is 2. The minimum atomic E-state index is -1.33. The van der Waals surface area contributed by atoms with Crippen LogP contribution < -0.4 is 30.6 Å². The van der Waals surface area contributed by atoms with Crippen molar-refractivity contribution in [3.05, 3.63) is 119 Å². The molecule has 10 heteroatoms. The molecule has 4 aromatic carbocycles. The fourth-order valence-corrected chi connectivity index (χ4v) is 4.37. The lowest BCUT2D eigenvalue weighted by molar-refractivity contribution is -0.129. The molecule has 4 rings (SSSR count). The van der Waals surface area contributed by atoms with Crippen LogP contribution in [0.25, 0.3) is 0 Å². The minimum absolute atomic E-state index is 0.111. The maximum atomic E-state index is 14.0. The van der Waals surface area contributed by atoms with E-state index in [-0.39, 0.29) is 18.1 Å². The summed E-state index contributed by atoms with van der Waals surface area (Å²) in [6.45, 7) is 0.272. The van der Waals surface area contributed by atoms with Gasteiger partial charge in [-0.1, -0.05) is 36.4 Å². The summed E-state index contributed by atoms with van der Waals surface area (Å²) < 4.78 is 15.6. The molecule has 2 amide bonds. The molecule has 0 saturated heterocycles. The second kappa shape index (κ2) is 13.6. The maximum absolute atomic E-state index is 14.0. The zero-order valence-corrected chi connectivity index (χ0v) is 23.0. The number of hydrogen-bond acceptors (Lipinski definition) is 7. The molecule has 4 aromatic rings. The third-order valence-corrected chi connectivity index (χ3v) is 6.55. The van der Waals surface area contributed by atoms with Crippen LogP contribution in [0, 0.1) is 5.41 Å². The smallest absolute Gasteiger partial charge is 0.298 e. The standard InChI is InChI=1S/C32H30N4O6/c1-40-25-14-8-20(9-15-25)29(21-10-16-26(41-2)17-11-21)36-32(39)28(23-4-3-5-27(18-23)42-19-37)31(38)35-24-12-6-22(7-13-24)30(33)34/h3-19,28-29H,1-2H3,(H3,33,34)(H,35,38)(H,36,39). The van der Waals surface area contributed by atoms with Gasteiger partial charge in [-0.2, -0.15) is 0 Å². The first-order valence-corrected chi connectivity index (χ1v) is 12.9. The molecule has 0 saturated carbocycles. The number of nitrogens with one attached hydrogen (secondary N) is 3. The van der Waals surface area contributed by atoms with Crippen LogP contribution in [0.15, 0.2) is 97.1 Å². The summed E-state index contributed by atoms with van der Waals surface area (Å²) in [5, 5.41) is 13.4. The number of nitrogen functional groups attached to an aromatic ring is 1. The van der Waals surface area contributed by atoms with Gasteiger partial charge in [0.25, 0.3) is 6.47 Å². The summed E-state index contributed by atoms with van der Waals surface area (Å²) in [5.41, 5.74) is 8.26. The Labute approximate surface area is 242 Å². The Morgan fingerprint density at radius 3 is 1.83 bits per heavy atom. The van der Waals surface area contributed by atoms with Gasteiger partial charge in [-0.05, 0) is 77.4 Å². The number of hydrogen-bond donors (Lipinski definition) is 4. The maximum Gasteiger partial charge on any atom is 0.298 e. The van der Waals surface area contributed by atoms with Crippen molar-refractivity contribution in [2.75, 3.05) is 19.5 Å². The number of benzene rings is 4. The molecule has 214 valence electrons. The summed E-state index contributed by atoms with van der Waals surface area (Å²) in [4.78, 5) is 38.7. The van der Waals surface area contributed by atoms with Gasteiger partial charge in [0.1, 0.15) is 29.0 Å². The van der Waals surface area contributed by atoms with Crippen molar-refractivity contribution in [2.24, 2.45) is 5.73 Å². The van der Waals surface area contributed by atoms with Gasteiger partial charge in [-0.15, -0.1) is 0 Å². The van der Waals surface area contributed by atoms with Gasteiger partial charge < -0.3 is 30.6 Å². The zero-order valence-electron chi connectivity index (χ0n) is 23.0. The van der Waals surface area contributed by atoms with Crippen LogP contribution in [0.4, 0.5) is 5.69 Å². The first kappa shape index (κ1) is 29.3. The van der Waals surface area contributed by atoms with E-state index in [4.69, 9.17) is 25.4 Å². The van der Waals surface area contributed by atoms with Gasteiger partial charge in [-0.3, -0.25) is 19.8 Å². The highest BCUT2D eigenvalue weighted by atomic mass is 16.5. The van der Waals surface area contributed by atoms with Crippen LogP contribution in [0.2, 0.25) is 0 Å². The fourth-order valence-electron chi connectivity index (χ4n) is 4.37. The van der Waals surface area contributed by atoms with Crippen molar-refractivity contribution in [3.8, 4) is 17.2 Å². The largest absolute Gasteiger partial charge is 0.497 e. The summed E-state index contributed by atoms with van der Waals surface area (Å²) >= 11 is 0. The number of anilines is 1. The average Bonchev–Trinajstić information content (AvgIpc) is 3.01. The van der Waals surface area contributed by atoms with Gasteiger partial charge >= 0.3 is 0 Å². The topological polar surface area (TPSA) is 153 Å². The van der Waals surface area contributed by atoms with Crippen LogP contribution in [-0.4, -0.2) is 38.3 Å². The monoisotopic (exact) mass is 566 g/mol. The molecular formula is C32H30N4O6. The molecular weight excluding hydrogens is 536 g/mol. The van der Waals surface area contributed by atoms with Gasteiger partial charge in [-0.25, -0.2) is 0 Å². The van der Waals surface area contributed by atoms with E-state index in [9.17, 15) is 14.4 Å². The SMILES string of the molecule is COc1ccc(C(NC(=O)C(C(=O)Nc2ccc(C(=N)N)cc2)c2cccc(OC=O)c2)c2ccc(OC)cc2)cc1. The van der Waals surface area contributed by atoms with Crippen molar-refractivity contribution in [1.29, 1.82) is 5.41 Å². The fraction of sp³-hybridized carbons (Fsp3) is 0.125. The van der Waals surface area contributed by atoms with Crippen molar-refractivity contribution >= 4 is 29.8 Å². The second-order valence-corrected chi connectivity index (χ2v) is 9.19. The van der Waals surface area contributed by atoms with Crippen LogP contribution in [-0.2, 0) is 14.4 Å². The highest BCUT2D eigenvalue weighted by Gasteiger charge is 2.31. The summed E-state index contributed by atoms with van der Waals surface area (Å²) in [6.07, 6.45) is 0. The average molecular weight is 567 g/mol. The van der Waals surface area contributed by atoms with Crippen LogP contribution in [0.1, 0.15) is 34.2 Å². The Hall–Kier alpha value is -5.64. The van der Waals surface area contributed by atoms with Crippen LogP contribution in [0.5, 0.6) is 17.2 Å². The van der Waals surface area contributed by atoms with E-state index in [1.54, 1.807) is 80.9 Å². The number of rotatable bonds is 12. The second-order valence-electron chi connectivity index (χ2n) is 9.19. The molecule has 0 radical (unpaired) electrons. The highest BCUT2D eigenvalue weighted by Crippen LogP contribution is 2.29. The number of amidine groups is 1. The van der Waals surface area contributed by atoms with Crippen molar-refractivity contribution < 1.29 is 28.6 Å². The number of carbonyl (C=O) groups is 3. The van der Waals surface area contributed by atoms with Gasteiger partial charge in [0, 0.05) is 11.3 Å². The van der Waals surface area contributed by atoms with Crippen molar-refractivity contribution in [1.82, 2.24) is 5.32 Å². The quantitative estimate of drug-likeness (QED) is 0.0870. The number of carbonyl (C=O) groups excluding carboxylic acids is 3. The Morgan fingerprint density at radius 2 is 1.33 bits per heavy atom. The molecule has 42 heavy (non-hydrogen) atoms. The summed E-state index contributed by atoms with van der Waals surface area (Å²) in [7, 11) is 3.13. The minimum Gasteiger partial charge on any atom is -0.497 e. The predicted octanol–water partition coefficient (Wildman–Crippen LogP) is 4.15. The molecule has 10 nitrogen and oxygen atoms in total. The van der Waals surface area contributed by atoms with Gasteiger partial charge in [0.2, 0.25) is 11.8 Å². The van der Waals surface area contributed by atoms with E-state index >= 15 is 0 Å². The third-order valence-electron chi connectivity index (χ3n) is 6.55. The van der Waals surface area contributed by atoms with Gasteiger partial charge in [0.05, 0.1) is 20.3 Å². The van der Waals surface area contributed by atoms with E-state index in [2.05, 4.69) is 10.6 Å². The lowest BCUT2D eigenvalue weighted by Crippen LogP contribution is -2.39. The first-order chi connectivity index (χ1) is 20.3. The molecule has 0 spiro atoms. The Bertz CT molecular complexity index is 1510. The molecule has 0 bridgehead atoms. The summed E-state index contributed by atoms with van der Waals surface area (Å²) in [5.74, 6) is -1.16. The van der Waals surface area contributed by atoms with Crippen LogP contribution >= 0.6 is 0 Å². The Morgan fingerprint density at radius 1 is 0.762 bits per heavy atom. The lowest BCUT2D eigenvalue weighted by atomic mass is 9.93. The summed E-state index contributed by atoms with van der Waals surface area (Å²) in [6, 6.07) is 26.4. The normalized spacial score (nSPS) is 11.2. The van der Waals surface area contributed by atoms with Crippen molar-refractivity contribution in [3.63, 3.8) is 0 Å². The van der Waals surface area contributed by atoms with E-state index in [1.165, 1.54) is 6.07 Å². The number of nitrogens with two attached hydrogens (primary N) is 1. The first-order valence-electron chi connectivity index (χ1n) is 12.9. The lowest BCUT2D eigenvalue weighted by Gasteiger charge is -2.24. The molecule has 0 heterocycles. The number of ether oxygens (including phenoxy) is 3. The van der Waals surface area contributed by atoms with E-state index in [1.807, 2.05) is 24.3 Å². The van der Waals surface area contributed by atoms with Gasteiger partial charge in [0.15, 0.2) is 0 Å². The van der Waals surface area contributed by atoms with E-state index in [0.717, 1.165) is 11.1 Å². The molecule has 0 aliphatic rings. The predicted molar refractivity (Wildman–Crippen MR) is 158 cm³/mol. The number of methoxy groups -OCH3 is 2. The Kier molecular flexibility index (Phi) is 9.52. The van der Waals surface area contributed by atoms with Crippen molar-refractivity contribution in [2.45, 2.75) is 12.0 Å². The zero-order chi connectivity index (χ0) is 30.1. The third kappa shape index (κ3) is 7.11. The molecule has 0 fully saturated rings.